The van der Waals surface area contributed by atoms with E-state index >= 15 is 0 Å². The lowest BCUT2D eigenvalue weighted by Gasteiger charge is -2.14. The molecule has 3 aromatic rings. The molecule has 1 fully saturated rings. The van der Waals surface area contributed by atoms with Crippen molar-refractivity contribution in [1.82, 2.24) is 4.98 Å². The fourth-order valence-electron chi connectivity index (χ4n) is 3.85. The van der Waals surface area contributed by atoms with E-state index in [4.69, 9.17) is 9.72 Å². The third-order valence-corrected chi connectivity index (χ3v) is 5.41. The largest absolute Gasteiger partial charge is 0.493 e. The number of anilines is 1. The molecule has 1 N–H and O–H groups in total. The summed E-state index contributed by atoms with van der Waals surface area (Å²) in [5, 5.41) is 3.99. The van der Waals surface area contributed by atoms with Crippen LogP contribution in [0.1, 0.15) is 38.2 Å². The monoisotopic (exact) mass is 374 g/mol. The zero-order chi connectivity index (χ0) is 19.5. The summed E-state index contributed by atoms with van der Waals surface area (Å²) in [7, 11) is 0. The quantitative estimate of drug-likeness (QED) is 0.620. The summed E-state index contributed by atoms with van der Waals surface area (Å²) in [5.41, 5.74) is 4.83. The first kappa shape index (κ1) is 18.5. The van der Waals surface area contributed by atoms with Crippen molar-refractivity contribution >= 4 is 22.5 Å². The molecule has 2 aromatic carbocycles. The first-order valence-corrected chi connectivity index (χ1v) is 10.1. The van der Waals surface area contributed by atoms with Crippen molar-refractivity contribution < 1.29 is 9.53 Å². The van der Waals surface area contributed by atoms with Crippen LogP contribution in [0, 0.1) is 12.8 Å². The molecule has 0 saturated heterocycles. The second-order valence-electron chi connectivity index (χ2n) is 7.51. The highest BCUT2D eigenvalue weighted by Gasteiger charge is 2.22. The third kappa shape index (κ3) is 3.86. The van der Waals surface area contributed by atoms with Gasteiger partial charge in [-0.15, -0.1) is 0 Å². The third-order valence-electron chi connectivity index (χ3n) is 5.41. The number of nitrogens with one attached hydrogen (secondary N) is 1. The molecule has 0 spiro atoms. The number of rotatable bonds is 5. The Morgan fingerprint density at radius 3 is 2.57 bits per heavy atom. The minimum atomic E-state index is 0.124. The van der Waals surface area contributed by atoms with Crippen molar-refractivity contribution in [3.63, 3.8) is 0 Å². The molecule has 144 valence electrons. The molecule has 0 atom stereocenters. The number of aromatic nitrogens is 1. The van der Waals surface area contributed by atoms with E-state index in [1.807, 2.05) is 31.2 Å². The summed E-state index contributed by atoms with van der Waals surface area (Å²) in [6.07, 6.45) is 4.28. The molecule has 0 aliphatic heterocycles. The molecule has 0 bridgehead atoms. The Morgan fingerprint density at radius 1 is 1.11 bits per heavy atom. The van der Waals surface area contributed by atoms with Crippen LogP contribution >= 0.6 is 0 Å². The summed E-state index contributed by atoms with van der Waals surface area (Å²) in [6.45, 7) is 4.62. The summed E-state index contributed by atoms with van der Waals surface area (Å²) in [6, 6.07) is 16.2. The van der Waals surface area contributed by atoms with Crippen molar-refractivity contribution in [2.45, 2.75) is 39.5 Å². The highest BCUT2D eigenvalue weighted by atomic mass is 16.5. The highest BCUT2D eigenvalue weighted by Crippen LogP contribution is 2.33. The molecule has 1 aromatic heterocycles. The van der Waals surface area contributed by atoms with Gasteiger partial charge in [-0.3, -0.25) is 4.79 Å². The number of hydrogen-bond donors (Lipinski definition) is 1. The van der Waals surface area contributed by atoms with Crippen LogP contribution < -0.4 is 10.1 Å². The van der Waals surface area contributed by atoms with E-state index in [1.54, 1.807) is 0 Å². The molecule has 1 saturated carbocycles. The predicted molar refractivity (Wildman–Crippen MR) is 114 cm³/mol. The van der Waals surface area contributed by atoms with E-state index in [1.165, 1.54) is 5.56 Å². The molecule has 4 heteroatoms. The summed E-state index contributed by atoms with van der Waals surface area (Å²) in [5.74, 6) is 1.06. The number of pyridine rings is 1. The molecule has 4 rings (SSSR count). The van der Waals surface area contributed by atoms with Gasteiger partial charge in [0.2, 0.25) is 5.91 Å². The lowest BCUT2D eigenvalue weighted by Crippen LogP contribution is -2.20. The van der Waals surface area contributed by atoms with Crippen molar-refractivity contribution in [3.8, 4) is 17.0 Å². The Labute approximate surface area is 165 Å². The molecule has 28 heavy (non-hydrogen) atoms. The van der Waals surface area contributed by atoms with Crippen molar-refractivity contribution in [2.24, 2.45) is 5.92 Å². The minimum Gasteiger partial charge on any atom is -0.493 e. The lowest BCUT2D eigenvalue weighted by molar-refractivity contribution is -0.119. The number of fused-ring (bicyclic) bond motifs is 1. The molecule has 1 aliphatic rings. The number of ether oxygens (including phenoxy) is 1. The second kappa shape index (κ2) is 8.01. The summed E-state index contributed by atoms with van der Waals surface area (Å²) >= 11 is 0. The second-order valence-corrected chi connectivity index (χ2v) is 7.51. The van der Waals surface area contributed by atoms with Gasteiger partial charge in [-0.2, -0.15) is 0 Å². The van der Waals surface area contributed by atoms with Gasteiger partial charge >= 0.3 is 0 Å². The zero-order valence-electron chi connectivity index (χ0n) is 16.5. The number of benzene rings is 2. The van der Waals surface area contributed by atoms with Gasteiger partial charge in [-0.1, -0.05) is 42.7 Å². The highest BCUT2D eigenvalue weighted by molar-refractivity contribution is 5.97. The zero-order valence-corrected chi connectivity index (χ0v) is 16.5. The lowest BCUT2D eigenvalue weighted by atomic mass is 10.1. The number of hydrogen-bond acceptors (Lipinski definition) is 3. The van der Waals surface area contributed by atoms with E-state index in [0.29, 0.717) is 6.61 Å². The van der Waals surface area contributed by atoms with E-state index < -0.39 is 0 Å². The van der Waals surface area contributed by atoms with Crippen LogP contribution in [0.4, 0.5) is 5.69 Å². The summed E-state index contributed by atoms with van der Waals surface area (Å²) < 4.78 is 5.91. The average molecular weight is 374 g/mol. The number of carbonyl (C=O) groups is 1. The first-order chi connectivity index (χ1) is 13.6. The van der Waals surface area contributed by atoms with Crippen molar-refractivity contribution in [3.05, 3.63) is 54.1 Å². The molecule has 1 amide bonds. The van der Waals surface area contributed by atoms with Crippen LogP contribution in [-0.2, 0) is 4.79 Å². The first-order valence-electron chi connectivity index (χ1n) is 10.1. The predicted octanol–water partition coefficient (Wildman–Crippen LogP) is 5.74. The SMILES string of the molecule is CCOc1cc(-c2ccc(C)cc2)nc2ccc(NC(=O)C3CCCC3)cc12. The fourth-order valence-corrected chi connectivity index (χ4v) is 3.85. The van der Waals surface area contributed by atoms with E-state index in [2.05, 4.69) is 36.5 Å². The van der Waals surface area contributed by atoms with Crippen LogP contribution in [0.5, 0.6) is 5.75 Å². The van der Waals surface area contributed by atoms with Crippen LogP contribution in [0.25, 0.3) is 22.2 Å². The minimum absolute atomic E-state index is 0.124. The van der Waals surface area contributed by atoms with Gasteiger partial charge in [-0.05, 0) is 44.9 Å². The Hall–Kier alpha value is -2.88. The van der Waals surface area contributed by atoms with Crippen molar-refractivity contribution in [1.29, 1.82) is 0 Å². The van der Waals surface area contributed by atoms with Gasteiger partial charge in [0.25, 0.3) is 0 Å². The molecule has 1 aliphatic carbocycles. The standard InChI is InChI=1S/C24H26N2O2/c1-3-28-23-15-22(17-10-8-16(2)9-11-17)26-21-13-12-19(14-20(21)23)25-24(27)18-6-4-5-7-18/h8-15,18H,3-7H2,1-2H3,(H,25,27). The van der Waals surface area contributed by atoms with Crippen molar-refractivity contribution in [2.75, 3.05) is 11.9 Å². The molecule has 1 heterocycles. The molecular weight excluding hydrogens is 348 g/mol. The maximum atomic E-state index is 12.5. The van der Waals surface area contributed by atoms with E-state index in [0.717, 1.165) is 59.3 Å². The number of carbonyl (C=O) groups excluding carboxylic acids is 1. The van der Waals surface area contributed by atoms with E-state index in [9.17, 15) is 4.79 Å². The van der Waals surface area contributed by atoms with Gasteiger partial charge in [-0.25, -0.2) is 4.98 Å². The number of amides is 1. The maximum Gasteiger partial charge on any atom is 0.227 e. The van der Waals surface area contributed by atoms with Crippen LogP contribution in [-0.4, -0.2) is 17.5 Å². The van der Waals surface area contributed by atoms with Crippen LogP contribution in [0.2, 0.25) is 0 Å². The molecule has 0 radical (unpaired) electrons. The van der Waals surface area contributed by atoms with Gasteiger partial charge in [0, 0.05) is 28.6 Å². The number of aryl methyl sites for hydroxylation is 1. The maximum absolute atomic E-state index is 12.5. The molecular formula is C24H26N2O2. The normalized spacial score (nSPS) is 14.4. The van der Waals surface area contributed by atoms with Crippen LogP contribution in [0.15, 0.2) is 48.5 Å². The van der Waals surface area contributed by atoms with Gasteiger partial charge < -0.3 is 10.1 Å². The Bertz CT molecular complexity index is 989. The van der Waals surface area contributed by atoms with Gasteiger partial charge in [0.05, 0.1) is 17.8 Å². The van der Waals surface area contributed by atoms with Gasteiger partial charge in [0.1, 0.15) is 5.75 Å². The summed E-state index contributed by atoms with van der Waals surface area (Å²) in [4.78, 5) is 17.3. The Morgan fingerprint density at radius 2 is 1.86 bits per heavy atom. The smallest absolute Gasteiger partial charge is 0.227 e. The molecule has 4 nitrogen and oxygen atoms in total. The number of nitrogens with zero attached hydrogens (tertiary/aromatic N) is 1. The van der Waals surface area contributed by atoms with Crippen LogP contribution in [0.3, 0.4) is 0 Å². The van der Waals surface area contributed by atoms with E-state index in [-0.39, 0.29) is 11.8 Å². The fraction of sp³-hybridized carbons (Fsp3) is 0.333. The Kier molecular flexibility index (Phi) is 5.29. The Balaban J connectivity index is 1.69. The topological polar surface area (TPSA) is 51.2 Å². The average Bonchev–Trinajstić information content (AvgIpc) is 3.24. The van der Waals surface area contributed by atoms with Gasteiger partial charge in [0.15, 0.2) is 0 Å². The molecule has 0 unspecified atom stereocenters.